The number of anilines is 1. The van der Waals surface area contributed by atoms with Gasteiger partial charge in [0.05, 0.1) is 10.6 Å². The molecule has 0 saturated carbocycles. The molecule has 1 aliphatic rings. The Balaban J connectivity index is 2.17. The first-order valence-corrected chi connectivity index (χ1v) is 13.3. The van der Waals surface area contributed by atoms with Gasteiger partial charge in [0.1, 0.15) is 5.00 Å². The van der Waals surface area contributed by atoms with Crippen LogP contribution in [0.5, 0.6) is 0 Å². The molecule has 28 heavy (non-hydrogen) atoms. The number of piperidine rings is 1. The molecule has 1 aliphatic heterocycles. The molecule has 0 spiro atoms. The second-order valence-corrected chi connectivity index (χ2v) is 13.0. The summed E-state index contributed by atoms with van der Waals surface area (Å²) in [6.45, 7) is 9.05. The summed E-state index contributed by atoms with van der Waals surface area (Å²) in [5, 5.41) is 0.292. The van der Waals surface area contributed by atoms with Crippen LogP contribution in [0.3, 0.4) is 0 Å². The minimum Gasteiger partial charge on any atom is -0.360 e. The first-order valence-electron chi connectivity index (χ1n) is 9.35. The number of hydrogen-bond donors (Lipinski definition) is 0. The highest BCUT2D eigenvalue weighted by Gasteiger charge is 2.34. The molecule has 1 fully saturated rings. The number of benzene rings is 1. The zero-order valence-electron chi connectivity index (χ0n) is 16.5. The van der Waals surface area contributed by atoms with Crippen molar-refractivity contribution >= 4 is 36.0 Å². The van der Waals surface area contributed by atoms with Gasteiger partial charge in [-0.15, -0.1) is 0 Å². The summed E-state index contributed by atoms with van der Waals surface area (Å²) in [4.78, 5) is 6.27. The van der Waals surface area contributed by atoms with Gasteiger partial charge in [0.25, 0.3) is 0 Å². The van der Waals surface area contributed by atoms with Crippen LogP contribution in [-0.4, -0.2) is 40.7 Å². The number of thiazole rings is 1. The lowest BCUT2D eigenvalue weighted by molar-refractivity contribution is 0.357. The largest absolute Gasteiger partial charge is 0.360 e. The van der Waals surface area contributed by atoms with Crippen molar-refractivity contribution in [3.63, 3.8) is 0 Å². The molecule has 0 bridgehead atoms. The molecule has 1 aromatic heterocycles. The Hall–Kier alpha value is -1.45. The van der Waals surface area contributed by atoms with E-state index in [4.69, 9.17) is 0 Å². The van der Waals surface area contributed by atoms with Crippen molar-refractivity contribution in [1.29, 1.82) is 0 Å². The van der Waals surface area contributed by atoms with Gasteiger partial charge >= 0.3 is 0 Å². The first kappa shape index (κ1) is 21.3. The summed E-state index contributed by atoms with van der Waals surface area (Å²) in [5.41, 5.74) is 0.949. The highest BCUT2D eigenvalue weighted by Crippen LogP contribution is 2.40. The van der Waals surface area contributed by atoms with Crippen molar-refractivity contribution in [2.75, 3.05) is 23.7 Å². The van der Waals surface area contributed by atoms with Crippen molar-refractivity contribution in [2.45, 2.75) is 48.4 Å². The lowest BCUT2D eigenvalue weighted by Gasteiger charge is -2.35. The standard InChI is InChI=1S/C19H26N2O4S3/c1-5-27(22,23)19-20-17(28(24,25)16-8-6-13(2)7-9-16)18(26-19)21-11-14(3)10-15(4)12-21/h6-9,14-15H,5,10-12H2,1-4H3/t14-,15+. The van der Waals surface area contributed by atoms with Crippen LogP contribution in [0.25, 0.3) is 0 Å². The number of rotatable bonds is 5. The summed E-state index contributed by atoms with van der Waals surface area (Å²) in [6.07, 6.45) is 1.06. The average Bonchev–Trinajstić information content (AvgIpc) is 3.08. The fourth-order valence-corrected chi connectivity index (χ4v) is 7.72. The first-order chi connectivity index (χ1) is 13.0. The summed E-state index contributed by atoms with van der Waals surface area (Å²) < 4.78 is 51.4. The molecule has 1 aromatic carbocycles. The highest BCUT2D eigenvalue weighted by molar-refractivity contribution is 7.94. The van der Waals surface area contributed by atoms with Gasteiger partial charge in [-0.05, 0) is 37.3 Å². The van der Waals surface area contributed by atoms with Crippen LogP contribution in [0, 0.1) is 18.8 Å². The second kappa shape index (κ2) is 7.76. The third kappa shape index (κ3) is 4.11. The summed E-state index contributed by atoms with van der Waals surface area (Å²) in [5.74, 6) is 0.676. The van der Waals surface area contributed by atoms with Gasteiger partial charge in [-0.1, -0.05) is 49.8 Å². The van der Waals surface area contributed by atoms with Gasteiger partial charge in [0.15, 0.2) is 5.03 Å². The van der Waals surface area contributed by atoms with E-state index in [0.29, 0.717) is 29.9 Å². The molecule has 9 heteroatoms. The van der Waals surface area contributed by atoms with Gasteiger partial charge in [-0.2, -0.15) is 0 Å². The molecule has 0 unspecified atom stereocenters. The van der Waals surface area contributed by atoms with E-state index in [0.717, 1.165) is 23.3 Å². The van der Waals surface area contributed by atoms with E-state index in [2.05, 4.69) is 18.8 Å². The van der Waals surface area contributed by atoms with Crippen molar-refractivity contribution in [3.05, 3.63) is 29.8 Å². The molecule has 0 N–H and O–H groups in total. The van der Waals surface area contributed by atoms with Crippen LogP contribution in [0.4, 0.5) is 5.00 Å². The lowest BCUT2D eigenvalue weighted by atomic mass is 9.92. The molecule has 0 radical (unpaired) electrons. The molecular weight excluding hydrogens is 416 g/mol. The Bertz CT molecular complexity index is 1050. The van der Waals surface area contributed by atoms with Gasteiger partial charge in [-0.25, -0.2) is 21.8 Å². The maximum absolute atomic E-state index is 13.3. The second-order valence-electron chi connectivity index (χ2n) is 7.66. The van der Waals surface area contributed by atoms with Crippen LogP contribution in [-0.2, 0) is 19.7 Å². The molecule has 2 heterocycles. The van der Waals surface area contributed by atoms with E-state index >= 15 is 0 Å². The third-order valence-corrected chi connectivity index (χ3v) is 10.1. The van der Waals surface area contributed by atoms with Crippen molar-refractivity contribution in [2.24, 2.45) is 11.8 Å². The summed E-state index contributed by atoms with van der Waals surface area (Å²) >= 11 is 0.974. The van der Waals surface area contributed by atoms with Gasteiger partial charge in [0.2, 0.25) is 24.0 Å². The Morgan fingerprint density at radius 1 is 1.07 bits per heavy atom. The Kier molecular flexibility index (Phi) is 5.89. The number of aryl methyl sites for hydroxylation is 1. The number of sulfone groups is 2. The molecule has 1 saturated heterocycles. The maximum atomic E-state index is 13.3. The average molecular weight is 443 g/mol. The summed E-state index contributed by atoms with van der Waals surface area (Å²) in [6, 6.07) is 6.55. The lowest BCUT2D eigenvalue weighted by Crippen LogP contribution is -2.38. The smallest absolute Gasteiger partial charge is 0.226 e. The minimum atomic E-state index is -3.93. The van der Waals surface area contributed by atoms with Gasteiger partial charge < -0.3 is 4.90 Å². The summed E-state index contributed by atoms with van der Waals surface area (Å²) in [7, 11) is -7.52. The molecule has 6 nitrogen and oxygen atoms in total. The van der Waals surface area contributed by atoms with Crippen LogP contribution < -0.4 is 4.90 Å². The molecule has 154 valence electrons. The van der Waals surface area contributed by atoms with Crippen LogP contribution in [0.15, 0.2) is 38.5 Å². The van der Waals surface area contributed by atoms with Crippen molar-refractivity contribution in [3.8, 4) is 0 Å². The molecule has 3 rings (SSSR count). The third-order valence-electron chi connectivity index (χ3n) is 4.95. The fourth-order valence-electron chi connectivity index (χ4n) is 3.57. The highest BCUT2D eigenvalue weighted by atomic mass is 32.2. The van der Waals surface area contributed by atoms with E-state index in [1.165, 1.54) is 6.92 Å². The molecular formula is C19H26N2O4S3. The fraction of sp³-hybridized carbons (Fsp3) is 0.526. The minimum absolute atomic E-state index is 0.114. The monoisotopic (exact) mass is 442 g/mol. The zero-order chi connectivity index (χ0) is 20.7. The normalized spacial score (nSPS) is 21.1. The quantitative estimate of drug-likeness (QED) is 0.704. The van der Waals surface area contributed by atoms with E-state index in [1.54, 1.807) is 24.3 Å². The predicted molar refractivity (Wildman–Crippen MR) is 112 cm³/mol. The Labute approximate surface area is 171 Å². The van der Waals surface area contributed by atoms with E-state index in [-0.39, 0.29) is 20.0 Å². The molecule has 2 atom stereocenters. The van der Waals surface area contributed by atoms with Crippen LogP contribution >= 0.6 is 11.3 Å². The number of aromatic nitrogens is 1. The van der Waals surface area contributed by atoms with E-state index < -0.39 is 19.7 Å². The Morgan fingerprint density at radius 2 is 1.64 bits per heavy atom. The molecule has 0 amide bonds. The molecule has 0 aliphatic carbocycles. The van der Waals surface area contributed by atoms with E-state index in [1.807, 2.05) is 11.8 Å². The number of hydrogen-bond acceptors (Lipinski definition) is 7. The Morgan fingerprint density at radius 3 is 2.18 bits per heavy atom. The van der Waals surface area contributed by atoms with Crippen molar-refractivity contribution < 1.29 is 16.8 Å². The van der Waals surface area contributed by atoms with Crippen LogP contribution in [0.2, 0.25) is 0 Å². The number of nitrogens with zero attached hydrogens (tertiary/aromatic N) is 2. The van der Waals surface area contributed by atoms with Gasteiger partial charge in [0, 0.05) is 13.1 Å². The van der Waals surface area contributed by atoms with Gasteiger partial charge in [-0.3, -0.25) is 0 Å². The van der Waals surface area contributed by atoms with Crippen molar-refractivity contribution in [1.82, 2.24) is 4.98 Å². The topological polar surface area (TPSA) is 84.4 Å². The SMILES string of the molecule is CCS(=O)(=O)c1nc(S(=O)(=O)c2ccc(C)cc2)c(N2C[C@H](C)C[C@H](C)C2)s1. The molecule has 2 aromatic rings. The van der Waals surface area contributed by atoms with E-state index in [9.17, 15) is 16.8 Å². The zero-order valence-corrected chi connectivity index (χ0v) is 19.0. The maximum Gasteiger partial charge on any atom is 0.226 e. The van der Waals surface area contributed by atoms with Crippen LogP contribution in [0.1, 0.15) is 32.8 Å². The predicted octanol–water partition coefficient (Wildman–Crippen LogP) is 3.56.